The van der Waals surface area contributed by atoms with Gasteiger partial charge in [-0.2, -0.15) is 0 Å². The Bertz CT molecular complexity index is 796. The van der Waals surface area contributed by atoms with E-state index in [1.54, 1.807) is 18.2 Å². The van der Waals surface area contributed by atoms with Crippen LogP contribution >= 0.6 is 0 Å². The summed E-state index contributed by atoms with van der Waals surface area (Å²) in [5.74, 6) is -1.26. The first-order chi connectivity index (χ1) is 10.0. The molecule has 6 heteroatoms. The van der Waals surface area contributed by atoms with Gasteiger partial charge >= 0.3 is 0 Å². The van der Waals surface area contributed by atoms with Gasteiger partial charge in [0.25, 0.3) is 5.69 Å². The van der Waals surface area contributed by atoms with E-state index in [4.69, 9.17) is 0 Å². The summed E-state index contributed by atoms with van der Waals surface area (Å²) >= 11 is 0. The van der Waals surface area contributed by atoms with Crippen molar-refractivity contribution in [1.29, 1.82) is 0 Å². The molecule has 1 aliphatic rings. The zero-order valence-corrected chi connectivity index (χ0v) is 10.8. The first-order valence-corrected chi connectivity index (χ1v) is 6.28. The minimum absolute atomic E-state index is 0.0658. The van der Waals surface area contributed by atoms with E-state index < -0.39 is 16.9 Å². The van der Waals surface area contributed by atoms with E-state index in [1.807, 2.05) is 0 Å². The van der Waals surface area contributed by atoms with Crippen molar-refractivity contribution in [2.24, 2.45) is 5.92 Å². The van der Waals surface area contributed by atoms with Crippen molar-refractivity contribution in [1.82, 2.24) is 0 Å². The van der Waals surface area contributed by atoms with Crippen LogP contribution in [0.3, 0.4) is 0 Å². The maximum Gasteiger partial charge on any atom is 0.277 e. The molecular weight excluding hydrogens is 274 g/mol. The van der Waals surface area contributed by atoms with Crippen LogP contribution in [-0.4, -0.2) is 21.4 Å². The zero-order chi connectivity index (χ0) is 15.1. The summed E-state index contributed by atoms with van der Waals surface area (Å²) in [4.78, 5) is 21.5. The number of aldehydes is 1. The van der Waals surface area contributed by atoms with Crippen LogP contribution in [0.2, 0.25) is 0 Å². The average molecular weight is 285 g/mol. The van der Waals surface area contributed by atoms with E-state index in [9.17, 15) is 25.1 Å². The first kappa shape index (κ1) is 13.3. The van der Waals surface area contributed by atoms with Gasteiger partial charge in [-0.25, -0.2) is 0 Å². The van der Waals surface area contributed by atoms with Crippen molar-refractivity contribution >= 4 is 28.8 Å². The fourth-order valence-corrected chi connectivity index (χ4v) is 2.64. The Labute approximate surface area is 119 Å². The third kappa shape index (κ3) is 1.96. The standard InChI is InChI=1S/C15H11NO5/c17-7-12-14(18)5-9-4-8-2-1-3-13(16(20)21)10(8)6-11(9)15(12)19/h1-7,12,15,18-19H. The van der Waals surface area contributed by atoms with Gasteiger partial charge in [0.1, 0.15) is 18.0 Å². The number of carbonyl (C=O) groups excluding carboxylic acids is 1. The number of nitro groups is 1. The molecule has 2 aromatic rings. The molecule has 0 bridgehead atoms. The van der Waals surface area contributed by atoms with Crippen LogP contribution in [0, 0.1) is 16.0 Å². The lowest BCUT2D eigenvalue weighted by Crippen LogP contribution is -2.20. The molecule has 0 spiro atoms. The van der Waals surface area contributed by atoms with Gasteiger partial charge < -0.3 is 15.0 Å². The Morgan fingerprint density at radius 3 is 2.71 bits per heavy atom. The number of non-ortho nitro benzene ring substituents is 1. The molecule has 0 radical (unpaired) electrons. The molecule has 3 rings (SSSR count). The lowest BCUT2D eigenvalue weighted by Gasteiger charge is -2.24. The number of nitro benzene ring substituents is 1. The number of carbonyl (C=O) groups is 1. The molecular formula is C15H11NO5. The molecule has 0 saturated carbocycles. The number of aliphatic hydroxyl groups is 2. The molecule has 0 aliphatic heterocycles. The Morgan fingerprint density at radius 2 is 2.05 bits per heavy atom. The average Bonchev–Trinajstić information content (AvgIpc) is 2.45. The Balaban J connectivity index is 2.31. The van der Waals surface area contributed by atoms with Crippen molar-refractivity contribution < 1.29 is 19.9 Å². The molecule has 106 valence electrons. The van der Waals surface area contributed by atoms with E-state index in [2.05, 4.69) is 0 Å². The smallest absolute Gasteiger partial charge is 0.277 e. The highest BCUT2D eigenvalue weighted by Crippen LogP contribution is 2.38. The van der Waals surface area contributed by atoms with Crippen LogP contribution in [0.5, 0.6) is 0 Å². The maximum atomic E-state index is 11.1. The van der Waals surface area contributed by atoms with E-state index >= 15 is 0 Å². The van der Waals surface area contributed by atoms with E-state index in [0.29, 0.717) is 28.2 Å². The van der Waals surface area contributed by atoms with Crippen LogP contribution in [-0.2, 0) is 4.79 Å². The predicted molar refractivity (Wildman–Crippen MR) is 75.7 cm³/mol. The van der Waals surface area contributed by atoms with Crippen molar-refractivity contribution in [2.45, 2.75) is 6.10 Å². The van der Waals surface area contributed by atoms with Gasteiger partial charge in [0, 0.05) is 6.07 Å². The van der Waals surface area contributed by atoms with Gasteiger partial charge in [-0.15, -0.1) is 0 Å². The number of benzene rings is 2. The molecule has 1 aliphatic carbocycles. The lowest BCUT2D eigenvalue weighted by atomic mass is 9.84. The SMILES string of the molecule is O=CC1C(O)=Cc2cc3cccc([N+](=O)[O-])c3cc2C1O. The van der Waals surface area contributed by atoms with Crippen molar-refractivity contribution in [3.05, 3.63) is 57.3 Å². The Kier molecular flexibility index (Phi) is 2.95. The number of rotatable bonds is 2. The van der Waals surface area contributed by atoms with Gasteiger partial charge in [0.2, 0.25) is 0 Å². The van der Waals surface area contributed by atoms with Crippen LogP contribution in [0.1, 0.15) is 17.2 Å². The summed E-state index contributed by atoms with van der Waals surface area (Å²) in [6.07, 6.45) is 0.648. The topological polar surface area (TPSA) is 101 Å². The summed E-state index contributed by atoms with van der Waals surface area (Å²) in [5.41, 5.74) is 0.877. The molecule has 2 aromatic carbocycles. The molecule has 2 atom stereocenters. The zero-order valence-electron chi connectivity index (χ0n) is 10.8. The van der Waals surface area contributed by atoms with Crippen molar-refractivity contribution in [3.63, 3.8) is 0 Å². The second kappa shape index (κ2) is 4.68. The number of hydrogen-bond donors (Lipinski definition) is 2. The molecule has 6 nitrogen and oxygen atoms in total. The van der Waals surface area contributed by atoms with Crippen LogP contribution in [0.25, 0.3) is 16.8 Å². The van der Waals surface area contributed by atoms with Crippen molar-refractivity contribution in [3.8, 4) is 0 Å². The molecule has 0 fully saturated rings. The first-order valence-electron chi connectivity index (χ1n) is 6.28. The van der Waals surface area contributed by atoms with Gasteiger partial charge in [-0.05, 0) is 34.7 Å². The molecule has 0 amide bonds. The summed E-state index contributed by atoms with van der Waals surface area (Å²) in [7, 11) is 0. The van der Waals surface area contributed by atoms with E-state index in [0.717, 1.165) is 0 Å². The third-order valence-corrected chi connectivity index (χ3v) is 3.71. The third-order valence-electron chi connectivity index (χ3n) is 3.71. The molecule has 21 heavy (non-hydrogen) atoms. The second-order valence-electron chi connectivity index (χ2n) is 4.91. The largest absolute Gasteiger partial charge is 0.511 e. The van der Waals surface area contributed by atoms with E-state index in [-0.39, 0.29) is 11.4 Å². The normalized spacial score (nSPS) is 20.7. The number of aliphatic hydroxyl groups excluding tert-OH is 2. The summed E-state index contributed by atoms with van der Waals surface area (Å²) in [6.45, 7) is 0. The van der Waals surface area contributed by atoms with Gasteiger partial charge in [-0.3, -0.25) is 10.1 Å². The summed E-state index contributed by atoms with van der Waals surface area (Å²) < 4.78 is 0. The molecule has 0 aromatic heterocycles. The highest BCUT2D eigenvalue weighted by molar-refractivity contribution is 5.94. The Hall–Kier alpha value is -2.73. The van der Waals surface area contributed by atoms with Crippen molar-refractivity contribution in [2.75, 3.05) is 0 Å². The number of nitrogens with zero attached hydrogens (tertiary/aromatic N) is 1. The lowest BCUT2D eigenvalue weighted by molar-refractivity contribution is -0.383. The molecule has 2 N–H and O–H groups in total. The van der Waals surface area contributed by atoms with Gasteiger partial charge in [0.05, 0.1) is 16.4 Å². The fraction of sp³-hybridized carbons (Fsp3) is 0.133. The minimum Gasteiger partial charge on any atom is -0.511 e. The minimum atomic E-state index is -1.22. The van der Waals surface area contributed by atoms with Crippen LogP contribution in [0.4, 0.5) is 5.69 Å². The molecule has 0 saturated heterocycles. The second-order valence-corrected chi connectivity index (χ2v) is 4.91. The van der Waals surface area contributed by atoms with E-state index in [1.165, 1.54) is 18.2 Å². The van der Waals surface area contributed by atoms with Gasteiger partial charge in [0.15, 0.2) is 0 Å². The highest BCUT2D eigenvalue weighted by Gasteiger charge is 2.31. The fourth-order valence-electron chi connectivity index (χ4n) is 2.64. The quantitative estimate of drug-likeness (QED) is 0.501. The molecule has 2 unspecified atom stereocenters. The summed E-state index contributed by atoms with van der Waals surface area (Å²) in [5, 5.41) is 32.0. The highest BCUT2D eigenvalue weighted by atomic mass is 16.6. The predicted octanol–water partition coefficient (Wildman–Crippen LogP) is 2.51. The van der Waals surface area contributed by atoms with Gasteiger partial charge in [-0.1, -0.05) is 12.1 Å². The number of fused-ring (bicyclic) bond motifs is 2. The van der Waals surface area contributed by atoms with Crippen LogP contribution in [0.15, 0.2) is 36.1 Å². The maximum absolute atomic E-state index is 11.1. The monoisotopic (exact) mass is 285 g/mol. The number of hydrogen-bond acceptors (Lipinski definition) is 5. The van der Waals surface area contributed by atoms with Crippen LogP contribution < -0.4 is 0 Å². The molecule has 0 heterocycles. The summed E-state index contributed by atoms with van der Waals surface area (Å²) in [6, 6.07) is 7.83. The Morgan fingerprint density at radius 1 is 1.29 bits per heavy atom.